The van der Waals surface area contributed by atoms with Gasteiger partial charge in [0.1, 0.15) is 0 Å². The second kappa shape index (κ2) is 9.71. The highest BCUT2D eigenvalue weighted by molar-refractivity contribution is 14.0. The topological polar surface area (TPSA) is 96.6 Å². The van der Waals surface area contributed by atoms with E-state index in [0.29, 0.717) is 6.54 Å². The summed E-state index contributed by atoms with van der Waals surface area (Å²) in [6.45, 7) is 1.56. The molecule has 2 aromatic carbocycles. The van der Waals surface area contributed by atoms with Crippen molar-refractivity contribution in [2.75, 3.05) is 20.1 Å². The number of nitrogens with two attached hydrogens (primary N) is 1. The number of rotatable bonds is 7. The lowest BCUT2D eigenvalue weighted by Gasteiger charge is -2.19. The number of halogens is 1. The highest BCUT2D eigenvalue weighted by atomic mass is 127. The number of primary sulfonamides is 1. The standard InChI is InChI=1S/C20H26N4O2S.HI/c1-22-19(24-15-20(12-13-20)17-5-3-2-4-6-17)23-14-11-16-7-9-18(10-8-16)27(21,25)26;/h2-10H,11-15H2,1H3,(H2,21,25,26)(H2,22,23,24);1H. The average molecular weight is 514 g/mol. The molecule has 1 aliphatic rings. The number of sulfonamides is 1. The minimum Gasteiger partial charge on any atom is -0.356 e. The minimum atomic E-state index is -3.64. The Bertz CT molecular complexity index is 896. The number of aliphatic imine (C=N–C) groups is 1. The van der Waals surface area contributed by atoms with Gasteiger partial charge >= 0.3 is 0 Å². The van der Waals surface area contributed by atoms with Crippen molar-refractivity contribution in [3.63, 3.8) is 0 Å². The van der Waals surface area contributed by atoms with Gasteiger partial charge in [-0.2, -0.15) is 0 Å². The number of nitrogens with one attached hydrogen (secondary N) is 2. The normalized spacial score (nSPS) is 15.4. The van der Waals surface area contributed by atoms with Crippen LogP contribution in [-0.2, 0) is 21.9 Å². The molecule has 0 unspecified atom stereocenters. The maximum absolute atomic E-state index is 11.3. The van der Waals surface area contributed by atoms with Gasteiger partial charge in [0.25, 0.3) is 0 Å². The van der Waals surface area contributed by atoms with E-state index in [2.05, 4.69) is 39.9 Å². The van der Waals surface area contributed by atoms with Gasteiger partial charge in [-0.05, 0) is 42.5 Å². The summed E-state index contributed by atoms with van der Waals surface area (Å²) in [6.07, 6.45) is 3.14. The van der Waals surface area contributed by atoms with Gasteiger partial charge in [0, 0.05) is 25.6 Å². The Morgan fingerprint density at radius 3 is 2.25 bits per heavy atom. The fourth-order valence-corrected chi connectivity index (χ4v) is 3.67. The number of nitrogens with zero attached hydrogens (tertiary/aromatic N) is 1. The van der Waals surface area contributed by atoms with E-state index in [9.17, 15) is 8.42 Å². The van der Waals surface area contributed by atoms with Crippen LogP contribution < -0.4 is 15.8 Å². The molecule has 0 bridgehead atoms. The van der Waals surface area contributed by atoms with E-state index in [1.165, 1.54) is 30.5 Å². The molecule has 1 fully saturated rings. The van der Waals surface area contributed by atoms with Crippen LogP contribution in [0.2, 0.25) is 0 Å². The first-order valence-electron chi connectivity index (χ1n) is 9.05. The van der Waals surface area contributed by atoms with Gasteiger partial charge < -0.3 is 10.6 Å². The van der Waals surface area contributed by atoms with Crippen LogP contribution in [0.1, 0.15) is 24.0 Å². The summed E-state index contributed by atoms with van der Waals surface area (Å²) >= 11 is 0. The molecule has 2 aromatic rings. The zero-order chi connectivity index (χ0) is 19.3. The van der Waals surface area contributed by atoms with Crippen molar-refractivity contribution < 1.29 is 8.42 Å². The highest BCUT2D eigenvalue weighted by Gasteiger charge is 2.43. The molecule has 3 rings (SSSR count). The molecule has 0 aromatic heterocycles. The van der Waals surface area contributed by atoms with Gasteiger partial charge in [-0.3, -0.25) is 4.99 Å². The molecule has 6 nitrogen and oxygen atoms in total. The number of hydrogen-bond donors (Lipinski definition) is 3. The number of guanidine groups is 1. The predicted molar refractivity (Wildman–Crippen MR) is 124 cm³/mol. The summed E-state index contributed by atoms with van der Waals surface area (Å²) in [5, 5.41) is 11.9. The van der Waals surface area contributed by atoms with Crippen LogP contribution in [0.3, 0.4) is 0 Å². The first-order chi connectivity index (χ1) is 12.9. The van der Waals surface area contributed by atoms with Gasteiger partial charge in [-0.25, -0.2) is 13.6 Å². The van der Waals surface area contributed by atoms with E-state index in [1.54, 1.807) is 19.2 Å². The molecule has 0 aliphatic heterocycles. The molecular formula is C20H27IN4O2S. The van der Waals surface area contributed by atoms with E-state index in [1.807, 2.05) is 6.07 Å². The molecule has 28 heavy (non-hydrogen) atoms. The van der Waals surface area contributed by atoms with E-state index in [4.69, 9.17) is 5.14 Å². The molecule has 0 atom stereocenters. The molecule has 0 radical (unpaired) electrons. The van der Waals surface area contributed by atoms with Crippen molar-refractivity contribution in [3.8, 4) is 0 Å². The van der Waals surface area contributed by atoms with Crippen LogP contribution in [-0.4, -0.2) is 34.5 Å². The minimum absolute atomic E-state index is 0. The zero-order valence-corrected chi connectivity index (χ0v) is 19.0. The summed E-state index contributed by atoms with van der Waals surface area (Å²) in [6, 6.07) is 17.2. The monoisotopic (exact) mass is 514 g/mol. The van der Waals surface area contributed by atoms with Crippen molar-refractivity contribution in [1.82, 2.24) is 10.6 Å². The average Bonchev–Trinajstić information content (AvgIpc) is 3.46. The maximum atomic E-state index is 11.3. The van der Waals surface area contributed by atoms with E-state index < -0.39 is 10.0 Å². The smallest absolute Gasteiger partial charge is 0.238 e. The highest BCUT2D eigenvalue weighted by Crippen LogP contribution is 2.47. The van der Waals surface area contributed by atoms with Gasteiger partial charge in [0.15, 0.2) is 5.96 Å². The second-order valence-corrected chi connectivity index (χ2v) is 8.50. The van der Waals surface area contributed by atoms with Crippen LogP contribution in [0.15, 0.2) is 64.5 Å². The first-order valence-corrected chi connectivity index (χ1v) is 10.6. The van der Waals surface area contributed by atoms with Crippen LogP contribution in [0, 0.1) is 0 Å². The fraction of sp³-hybridized carbons (Fsp3) is 0.350. The third-order valence-corrected chi connectivity index (χ3v) is 5.94. The molecule has 0 saturated heterocycles. The molecule has 0 amide bonds. The van der Waals surface area contributed by atoms with E-state index >= 15 is 0 Å². The first kappa shape index (κ1) is 22.6. The lowest BCUT2D eigenvalue weighted by molar-refractivity contribution is 0.598. The Morgan fingerprint density at radius 1 is 1.07 bits per heavy atom. The summed E-state index contributed by atoms with van der Waals surface area (Å²) in [7, 11) is -1.88. The summed E-state index contributed by atoms with van der Waals surface area (Å²) in [5.41, 5.74) is 2.64. The van der Waals surface area contributed by atoms with Crippen molar-refractivity contribution >= 4 is 40.0 Å². The van der Waals surface area contributed by atoms with Crippen molar-refractivity contribution in [1.29, 1.82) is 0 Å². The predicted octanol–water partition coefficient (Wildman–Crippen LogP) is 2.39. The SMILES string of the molecule is CN=C(NCCc1ccc(S(N)(=O)=O)cc1)NCC1(c2ccccc2)CC1.I. The molecular weight excluding hydrogens is 487 g/mol. The number of benzene rings is 2. The third-order valence-electron chi connectivity index (χ3n) is 5.02. The van der Waals surface area contributed by atoms with Crippen LogP contribution in [0.5, 0.6) is 0 Å². The van der Waals surface area contributed by atoms with Crippen molar-refractivity contribution in [2.24, 2.45) is 10.1 Å². The van der Waals surface area contributed by atoms with Gasteiger partial charge in [-0.1, -0.05) is 42.5 Å². The Hall–Kier alpha value is -1.65. The van der Waals surface area contributed by atoms with Gasteiger partial charge in [-0.15, -0.1) is 24.0 Å². The van der Waals surface area contributed by atoms with Crippen LogP contribution >= 0.6 is 24.0 Å². The maximum Gasteiger partial charge on any atom is 0.238 e. The zero-order valence-electron chi connectivity index (χ0n) is 15.9. The molecule has 0 spiro atoms. The van der Waals surface area contributed by atoms with E-state index in [0.717, 1.165) is 24.5 Å². The Labute approximate surface area is 184 Å². The fourth-order valence-electron chi connectivity index (χ4n) is 3.15. The van der Waals surface area contributed by atoms with Crippen molar-refractivity contribution in [3.05, 3.63) is 65.7 Å². The summed E-state index contributed by atoms with van der Waals surface area (Å²) in [5.74, 6) is 0.776. The summed E-state index contributed by atoms with van der Waals surface area (Å²) in [4.78, 5) is 4.42. The lowest BCUT2D eigenvalue weighted by Crippen LogP contribution is -2.41. The Morgan fingerprint density at radius 2 is 1.71 bits per heavy atom. The van der Waals surface area contributed by atoms with Crippen LogP contribution in [0.4, 0.5) is 0 Å². The Kier molecular flexibility index (Phi) is 7.85. The third kappa shape index (κ3) is 5.92. The molecule has 1 saturated carbocycles. The largest absolute Gasteiger partial charge is 0.356 e. The van der Waals surface area contributed by atoms with Gasteiger partial charge in [0.2, 0.25) is 10.0 Å². The summed E-state index contributed by atoms with van der Waals surface area (Å²) < 4.78 is 22.6. The van der Waals surface area contributed by atoms with Crippen molar-refractivity contribution in [2.45, 2.75) is 29.6 Å². The Balaban J connectivity index is 0.00000280. The number of hydrogen-bond acceptors (Lipinski definition) is 3. The molecule has 4 N–H and O–H groups in total. The quantitative estimate of drug-likeness (QED) is 0.301. The molecule has 152 valence electrons. The second-order valence-electron chi connectivity index (χ2n) is 6.94. The van der Waals surface area contributed by atoms with Crippen LogP contribution in [0.25, 0.3) is 0 Å². The molecule has 1 aliphatic carbocycles. The molecule has 0 heterocycles. The van der Waals surface area contributed by atoms with E-state index in [-0.39, 0.29) is 34.3 Å². The van der Waals surface area contributed by atoms with Gasteiger partial charge in [0.05, 0.1) is 4.90 Å². The lowest BCUT2D eigenvalue weighted by atomic mass is 9.96. The molecule has 8 heteroatoms.